The van der Waals surface area contributed by atoms with Crippen LogP contribution in [-0.2, 0) is 0 Å². The Morgan fingerprint density at radius 3 is 1.24 bits per heavy atom. The summed E-state index contributed by atoms with van der Waals surface area (Å²) in [6.07, 6.45) is 3.77. The molecule has 234 valence electrons. The van der Waals surface area contributed by atoms with Gasteiger partial charge in [0.05, 0.1) is 11.4 Å². The van der Waals surface area contributed by atoms with Crippen LogP contribution in [0, 0.1) is 0 Å². The Morgan fingerprint density at radius 1 is 0.260 bits per heavy atom. The molecule has 0 aliphatic carbocycles. The molecule has 2 heterocycles. The minimum absolute atomic E-state index is 0.863. The van der Waals surface area contributed by atoms with Crippen LogP contribution in [0.5, 0.6) is 0 Å². The number of aromatic nitrogens is 2. The molecule has 0 amide bonds. The molecule has 0 spiro atoms. The molecule has 50 heavy (non-hydrogen) atoms. The summed E-state index contributed by atoms with van der Waals surface area (Å²) < 4.78 is 0. The van der Waals surface area contributed by atoms with Gasteiger partial charge >= 0.3 is 0 Å². The van der Waals surface area contributed by atoms with E-state index in [9.17, 15) is 0 Å². The van der Waals surface area contributed by atoms with E-state index in [-0.39, 0.29) is 0 Å². The second kappa shape index (κ2) is 12.8. The van der Waals surface area contributed by atoms with Crippen LogP contribution in [0.25, 0.3) is 88.6 Å². The summed E-state index contributed by atoms with van der Waals surface area (Å²) in [6.45, 7) is 0. The first kappa shape index (κ1) is 29.5. The van der Waals surface area contributed by atoms with Gasteiger partial charge in [0.15, 0.2) is 0 Å². The van der Waals surface area contributed by atoms with Crippen LogP contribution >= 0.6 is 0 Å². The summed E-state index contributed by atoms with van der Waals surface area (Å²) in [5, 5.41) is 4.91. The molecule has 0 fully saturated rings. The van der Waals surface area contributed by atoms with Crippen molar-refractivity contribution in [2.75, 3.05) is 0 Å². The highest BCUT2D eigenvalue weighted by Crippen LogP contribution is 2.45. The van der Waals surface area contributed by atoms with Crippen molar-refractivity contribution in [2.24, 2.45) is 0 Å². The fourth-order valence-corrected chi connectivity index (χ4v) is 7.13. The Labute approximate surface area is 292 Å². The van der Waals surface area contributed by atoms with Gasteiger partial charge in [-0.05, 0) is 95.9 Å². The lowest BCUT2D eigenvalue weighted by Crippen LogP contribution is -1.92. The lowest BCUT2D eigenvalue weighted by Gasteiger charge is -2.19. The smallest absolute Gasteiger partial charge is 0.0886 e. The van der Waals surface area contributed by atoms with Crippen molar-refractivity contribution in [2.45, 2.75) is 0 Å². The molecule has 0 bridgehead atoms. The van der Waals surface area contributed by atoms with Gasteiger partial charge in [0.25, 0.3) is 0 Å². The predicted molar refractivity (Wildman–Crippen MR) is 210 cm³/mol. The van der Waals surface area contributed by atoms with Crippen LogP contribution in [0.15, 0.2) is 194 Å². The number of nitrogens with zero attached hydrogens (tertiary/aromatic N) is 2. The first-order chi connectivity index (χ1) is 24.8. The SMILES string of the molecule is c1ccc(-c2ccc(-c3c4ccccc4c(-c4ccc(-c5ccccc5)cc4)c4cc(-c5ccc(-c6ccccn6)nc5)ccc34)cc2)cc1. The third-order valence-corrected chi connectivity index (χ3v) is 9.61. The standard InChI is InChI=1S/C48H32N2/c1-3-11-33(12-4-1)35-18-22-37(23-19-35)47-41-15-7-8-16-42(41)48(38-24-20-36(21-25-38)34-13-5-2-6-14-34)44-31-39(26-28-43(44)47)40-27-29-46(50-32-40)45-17-9-10-30-49-45/h1-32H. The molecule has 0 unspecified atom stereocenters. The second-order valence-corrected chi connectivity index (χ2v) is 12.6. The van der Waals surface area contributed by atoms with Gasteiger partial charge in [-0.15, -0.1) is 0 Å². The molecule has 0 radical (unpaired) electrons. The summed E-state index contributed by atoms with van der Waals surface area (Å²) >= 11 is 0. The van der Waals surface area contributed by atoms with Gasteiger partial charge in [0.1, 0.15) is 0 Å². The quantitative estimate of drug-likeness (QED) is 0.170. The molecular formula is C48H32N2. The van der Waals surface area contributed by atoms with Gasteiger partial charge in [-0.25, -0.2) is 0 Å². The number of hydrogen-bond acceptors (Lipinski definition) is 2. The summed E-state index contributed by atoms with van der Waals surface area (Å²) in [6, 6.07) is 65.0. The lowest BCUT2D eigenvalue weighted by molar-refractivity contribution is 1.25. The molecule has 7 aromatic carbocycles. The normalized spacial score (nSPS) is 11.2. The number of hydrogen-bond donors (Lipinski definition) is 0. The van der Waals surface area contributed by atoms with E-state index in [4.69, 9.17) is 4.98 Å². The Hall–Kier alpha value is -6.64. The van der Waals surface area contributed by atoms with E-state index in [1.807, 2.05) is 24.4 Å². The van der Waals surface area contributed by atoms with Crippen molar-refractivity contribution < 1.29 is 0 Å². The van der Waals surface area contributed by atoms with E-state index in [2.05, 4.69) is 169 Å². The average Bonchev–Trinajstić information content (AvgIpc) is 3.21. The fourth-order valence-electron chi connectivity index (χ4n) is 7.13. The minimum Gasteiger partial charge on any atom is -0.255 e. The van der Waals surface area contributed by atoms with Gasteiger partial charge in [-0.1, -0.05) is 158 Å². The van der Waals surface area contributed by atoms with Crippen LogP contribution in [0.3, 0.4) is 0 Å². The second-order valence-electron chi connectivity index (χ2n) is 12.6. The van der Waals surface area contributed by atoms with Crippen molar-refractivity contribution in [3.8, 4) is 67.0 Å². The maximum atomic E-state index is 4.81. The van der Waals surface area contributed by atoms with Crippen LogP contribution in [0.2, 0.25) is 0 Å². The highest BCUT2D eigenvalue weighted by Gasteiger charge is 2.18. The van der Waals surface area contributed by atoms with Gasteiger partial charge in [-0.3, -0.25) is 9.97 Å². The molecule has 0 aliphatic heterocycles. The van der Waals surface area contributed by atoms with E-state index in [0.717, 1.165) is 22.5 Å². The molecule has 0 aliphatic rings. The van der Waals surface area contributed by atoms with Crippen LogP contribution in [0.1, 0.15) is 0 Å². The lowest BCUT2D eigenvalue weighted by atomic mass is 9.84. The first-order valence-corrected chi connectivity index (χ1v) is 17.0. The van der Waals surface area contributed by atoms with Crippen molar-refractivity contribution in [3.05, 3.63) is 194 Å². The highest BCUT2D eigenvalue weighted by molar-refractivity contribution is 6.22. The number of fused-ring (bicyclic) bond motifs is 2. The van der Waals surface area contributed by atoms with Crippen molar-refractivity contribution in [3.63, 3.8) is 0 Å². The largest absolute Gasteiger partial charge is 0.255 e. The zero-order chi connectivity index (χ0) is 33.3. The Balaban J connectivity index is 1.25. The third kappa shape index (κ3) is 5.43. The fraction of sp³-hybridized carbons (Fsp3) is 0. The summed E-state index contributed by atoms with van der Waals surface area (Å²) in [5.74, 6) is 0. The number of pyridine rings is 2. The molecule has 9 rings (SSSR count). The van der Waals surface area contributed by atoms with Gasteiger partial charge < -0.3 is 0 Å². The molecule has 0 saturated heterocycles. The van der Waals surface area contributed by atoms with E-state index in [0.29, 0.717) is 0 Å². The maximum absolute atomic E-state index is 4.81. The predicted octanol–water partition coefficient (Wildman–Crippen LogP) is 12.8. The van der Waals surface area contributed by atoms with E-state index >= 15 is 0 Å². The average molecular weight is 637 g/mol. The topological polar surface area (TPSA) is 25.8 Å². The molecule has 2 aromatic heterocycles. The first-order valence-electron chi connectivity index (χ1n) is 17.0. The van der Waals surface area contributed by atoms with Crippen LogP contribution < -0.4 is 0 Å². The van der Waals surface area contributed by atoms with E-state index in [1.54, 1.807) is 6.20 Å². The number of benzene rings is 7. The Morgan fingerprint density at radius 2 is 0.700 bits per heavy atom. The van der Waals surface area contributed by atoms with E-state index in [1.165, 1.54) is 66.1 Å². The van der Waals surface area contributed by atoms with E-state index < -0.39 is 0 Å². The summed E-state index contributed by atoms with van der Waals surface area (Å²) in [4.78, 5) is 9.30. The molecule has 9 aromatic rings. The van der Waals surface area contributed by atoms with Gasteiger partial charge in [0, 0.05) is 18.0 Å². The minimum atomic E-state index is 0.863. The monoisotopic (exact) mass is 636 g/mol. The van der Waals surface area contributed by atoms with Crippen LogP contribution in [-0.4, -0.2) is 9.97 Å². The Bertz CT molecular complexity index is 2580. The van der Waals surface area contributed by atoms with Gasteiger partial charge in [-0.2, -0.15) is 0 Å². The van der Waals surface area contributed by atoms with Crippen molar-refractivity contribution >= 4 is 21.5 Å². The highest BCUT2D eigenvalue weighted by atomic mass is 14.8. The molecule has 0 N–H and O–H groups in total. The number of rotatable bonds is 6. The summed E-state index contributed by atoms with van der Waals surface area (Å²) in [7, 11) is 0. The zero-order valence-corrected chi connectivity index (χ0v) is 27.4. The zero-order valence-electron chi connectivity index (χ0n) is 27.4. The Kier molecular flexibility index (Phi) is 7.53. The summed E-state index contributed by atoms with van der Waals surface area (Å²) in [5.41, 5.74) is 13.6. The molecular weight excluding hydrogens is 605 g/mol. The molecule has 2 nitrogen and oxygen atoms in total. The van der Waals surface area contributed by atoms with Crippen molar-refractivity contribution in [1.82, 2.24) is 9.97 Å². The van der Waals surface area contributed by atoms with Gasteiger partial charge in [0.2, 0.25) is 0 Å². The van der Waals surface area contributed by atoms with Crippen LogP contribution in [0.4, 0.5) is 0 Å². The molecule has 0 atom stereocenters. The van der Waals surface area contributed by atoms with Crippen molar-refractivity contribution in [1.29, 1.82) is 0 Å². The third-order valence-electron chi connectivity index (χ3n) is 9.61. The molecule has 0 saturated carbocycles. The maximum Gasteiger partial charge on any atom is 0.0886 e. The molecule has 2 heteroatoms.